The van der Waals surface area contributed by atoms with E-state index in [0.29, 0.717) is 0 Å². The Morgan fingerprint density at radius 2 is 1.38 bits per heavy atom. The van der Waals surface area contributed by atoms with Crippen LogP contribution in [0.2, 0.25) is 0 Å². The highest BCUT2D eigenvalue weighted by Gasteiger charge is 2.15. The Kier molecular flexibility index (Phi) is 5.84. The van der Waals surface area contributed by atoms with E-state index in [1.54, 1.807) is 13.2 Å². The molecule has 3 aromatic carbocycles. The van der Waals surface area contributed by atoms with Crippen LogP contribution in [-0.2, 0) is 4.79 Å². The van der Waals surface area contributed by atoms with E-state index in [1.807, 2.05) is 84.9 Å². The first kappa shape index (κ1) is 17.5. The molecule has 0 fully saturated rings. The maximum Gasteiger partial charge on any atom is 0.244 e. The lowest BCUT2D eigenvalue weighted by Gasteiger charge is -2.19. The third-order valence-electron chi connectivity index (χ3n) is 4.11. The molecule has 0 saturated carbocycles. The fraction of sp³-hybridized carbons (Fsp3) is 0.0870. The van der Waals surface area contributed by atoms with Gasteiger partial charge in [-0.25, -0.2) is 0 Å². The van der Waals surface area contributed by atoms with Crippen LogP contribution < -0.4 is 10.1 Å². The van der Waals surface area contributed by atoms with Gasteiger partial charge in [-0.05, 0) is 23.3 Å². The molecule has 0 atom stereocenters. The molecule has 3 nitrogen and oxygen atoms in total. The van der Waals surface area contributed by atoms with Crippen LogP contribution in [0.25, 0.3) is 6.08 Å². The molecule has 1 N–H and O–H groups in total. The Morgan fingerprint density at radius 1 is 0.846 bits per heavy atom. The van der Waals surface area contributed by atoms with Gasteiger partial charge in [0.25, 0.3) is 0 Å². The normalized spacial score (nSPS) is 10.8. The zero-order chi connectivity index (χ0) is 18.2. The Bertz CT molecular complexity index is 833. The van der Waals surface area contributed by atoms with Crippen molar-refractivity contribution in [2.75, 3.05) is 7.11 Å². The molecule has 0 aromatic heterocycles. The standard InChI is InChI=1S/C23H21NO2/c1-26-21-15-9-8-10-18(21)16-17-22(25)24-23(19-11-4-2-5-12-19)20-13-6-3-7-14-20/h2-17,23H,1H3,(H,24,25)/b17-16+. The van der Waals surface area contributed by atoms with Crippen LogP contribution in [-0.4, -0.2) is 13.0 Å². The number of ether oxygens (including phenoxy) is 1. The second-order valence-corrected chi connectivity index (χ2v) is 5.84. The lowest BCUT2D eigenvalue weighted by molar-refractivity contribution is -0.116. The first-order chi connectivity index (χ1) is 12.8. The first-order valence-electron chi connectivity index (χ1n) is 8.49. The molecule has 0 saturated heterocycles. The minimum Gasteiger partial charge on any atom is -0.496 e. The van der Waals surface area contributed by atoms with Gasteiger partial charge in [-0.2, -0.15) is 0 Å². The molecule has 0 heterocycles. The van der Waals surface area contributed by atoms with E-state index in [1.165, 1.54) is 6.08 Å². The molecule has 0 aliphatic carbocycles. The second kappa shape index (κ2) is 8.67. The van der Waals surface area contributed by atoms with Crippen LogP contribution in [0.5, 0.6) is 5.75 Å². The van der Waals surface area contributed by atoms with E-state index < -0.39 is 0 Å². The molecule has 0 aliphatic heterocycles. The van der Waals surface area contributed by atoms with Crippen LogP contribution in [0.1, 0.15) is 22.7 Å². The van der Waals surface area contributed by atoms with E-state index in [2.05, 4.69) is 5.32 Å². The van der Waals surface area contributed by atoms with Crippen LogP contribution in [0.15, 0.2) is 91.0 Å². The summed E-state index contributed by atoms with van der Waals surface area (Å²) in [4.78, 5) is 12.5. The van der Waals surface area contributed by atoms with Gasteiger partial charge < -0.3 is 10.1 Å². The van der Waals surface area contributed by atoms with Crippen molar-refractivity contribution in [3.63, 3.8) is 0 Å². The van der Waals surface area contributed by atoms with E-state index >= 15 is 0 Å². The van der Waals surface area contributed by atoms with Gasteiger partial charge in [-0.3, -0.25) is 4.79 Å². The van der Waals surface area contributed by atoms with Crippen LogP contribution in [0, 0.1) is 0 Å². The molecule has 26 heavy (non-hydrogen) atoms. The van der Waals surface area contributed by atoms with E-state index in [4.69, 9.17) is 4.74 Å². The number of rotatable bonds is 6. The molecule has 0 radical (unpaired) electrons. The maximum absolute atomic E-state index is 12.5. The van der Waals surface area contributed by atoms with Gasteiger partial charge in [0.1, 0.15) is 5.75 Å². The Labute approximate surface area is 154 Å². The number of carbonyl (C=O) groups excluding carboxylic acids is 1. The predicted octanol–water partition coefficient (Wildman–Crippen LogP) is 4.61. The summed E-state index contributed by atoms with van der Waals surface area (Å²) in [6.07, 6.45) is 3.30. The van der Waals surface area contributed by atoms with Crippen molar-refractivity contribution in [2.45, 2.75) is 6.04 Å². The number of para-hydroxylation sites is 1. The second-order valence-electron chi connectivity index (χ2n) is 5.84. The number of amides is 1. The zero-order valence-electron chi connectivity index (χ0n) is 14.6. The van der Waals surface area contributed by atoms with Crippen molar-refractivity contribution >= 4 is 12.0 Å². The fourth-order valence-corrected chi connectivity index (χ4v) is 2.81. The van der Waals surface area contributed by atoms with Gasteiger partial charge in [0, 0.05) is 11.6 Å². The molecule has 3 rings (SSSR count). The lowest BCUT2D eigenvalue weighted by atomic mass is 9.98. The van der Waals surface area contributed by atoms with Gasteiger partial charge >= 0.3 is 0 Å². The van der Waals surface area contributed by atoms with Crippen molar-refractivity contribution in [1.29, 1.82) is 0 Å². The summed E-state index contributed by atoms with van der Waals surface area (Å²) in [5.74, 6) is 0.577. The minimum absolute atomic E-state index is 0.159. The smallest absolute Gasteiger partial charge is 0.244 e. The molecule has 130 valence electrons. The van der Waals surface area contributed by atoms with Crippen molar-refractivity contribution in [1.82, 2.24) is 5.32 Å². The highest BCUT2D eigenvalue weighted by Crippen LogP contribution is 2.22. The van der Waals surface area contributed by atoms with Gasteiger partial charge in [0.05, 0.1) is 13.2 Å². The lowest BCUT2D eigenvalue weighted by Crippen LogP contribution is -2.27. The quantitative estimate of drug-likeness (QED) is 0.664. The molecule has 3 aromatic rings. The Balaban J connectivity index is 1.81. The van der Waals surface area contributed by atoms with Crippen molar-refractivity contribution in [3.05, 3.63) is 108 Å². The summed E-state index contributed by atoms with van der Waals surface area (Å²) in [6.45, 7) is 0. The van der Waals surface area contributed by atoms with E-state index in [0.717, 1.165) is 22.4 Å². The highest BCUT2D eigenvalue weighted by atomic mass is 16.5. The highest BCUT2D eigenvalue weighted by molar-refractivity contribution is 5.92. The molecule has 0 unspecified atom stereocenters. The summed E-state index contributed by atoms with van der Waals surface area (Å²) < 4.78 is 5.31. The largest absolute Gasteiger partial charge is 0.496 e. The van der Waals surface area contributed by atoms with E-state index in [-0.39, 0.29) is 11.9 Å². The van der Waals surface area contributed by atoms with Crippen molar-refractivity contribution < 1.29 is 9.53 Å². The summed E-state index contributed by atoms with van der Waals surface area (Å²) in [5, 5.41) is 3.09. The molecule has 0 aliphatic rings. The van der Waals surface area contributed by atoms with Gasteiger partial charge in [-0.15, -0.1) is 0 Å². The molecule has 3 heteroatoms. The fourth-order valence-electron chi connectivity index (χ4n) is 2.81. The van der Waals surface area contributed by atoms with Gasteiger partial charge in [0.2, 0.25) is 5.91 Å². The number of hydrogen-bond donors (Lipinski definition) is 1. The minimum atomic E-state index is -0.202. The monoisotopic (exact) mass is 343 g/mol. The average Bonchev–Trinajstić information content (AvgIpc) is 2.72. The van der Waals surface area contributed by atoms with Crippen LogP contribution in [0.4, 0.5) is 0 Å². The number of nitrogens with one attached hydrogen (secondary N) is 1. The summed E-state index contributed by atoms with van der Waals surface area (Å²) in [5.41, 5.74) is 2.94. The SMILES string of the molecule is COc1ccccc1/C=C/C(=O)NC(c1ccccc1)c1ccccc1. The maximum atomic E-state index is 12.5. The average molecular weight is 343 g/mol. The molecule has 0 bridgehead atoms. The van der Waals surface area contributed by atoms with E-state index in [9.17, 15) is 4.79 Å². The Morgan fingerprint density at radius 3 is 1.96 bits per heavy atom. The van der Waals surface area contributed by atoms with Crippen molar-refractivity contribution in [3.8, 4) is 5.75 Å². The molecular formula is C23H21NO2. The predicted molar refractivity (Wildman–Crippen MR) is 105 cm³/mol. The summed E-state index contributed by atoms with van der Waals surface area (Å²) in [6, 6.07) is 27.3. The topological polar surface area (TPSA) is 38.3 Å². The molecular weight excluding hydrogens is 322 g/mol. The first-order valence-corrected chi connectivity index (χ1v) is 8.49. The van der Waals surface area contributed by atoms with Gasteiger partial charge in [0.15, 0.2) is 0 Å². The molecule has 1 amide bonds. The Hall–Kier alpha value is -3.33. The summed E-state index contributed by atoms with van der Waals surface area (Å²) >= 11 is 0. The zero-order valence-corrected chi connectivity index (χ0v) is 14.6. The van der Waals surface area contributed by atoms with Gasteiger partial charge in [-0.1, -0.05) is 78.9 Å². The third-order valence-corrected chi connectivity index (χ3v) is 4.11. The molecule has 0 spiro atoms. The number of hydrogen-bond acceptors (Lipinski definition) is 2. The van der Waals surface area contributed by atoms with Crippen LogP contribution in [0.3, 0.4) is 0 Å². The number of methoxy groups -OCH3 is 1. The van der Waals surface area contributed by atoms with Crippen LogP contribution >= 0.6 is 0 Å². The third kappa shape index (κ3) is 4.39. The number of benzene rings is 3. The summed E-state index contributed by atoms with van der Waals surface area (Å²) in [7, 11) is 1.62. The van der Waals surface area contributed by atoms with Crippen molar-refractivity contribution in [2.24, 2.45) is 0 Å². The number of carbonyl (C=O) groups is 1.